The maximum atomic E-state index is 12.8. The number of benzene rings is 2. The van der Waals surface area contributed by atoms with Gasteiger partial charge in [0.05, 0.1) is 31.6 Å². The standard InChI is InChI=1S/C23H27N3O5/c1-16-23(28)26(10-9-25-11-13-30-14-12-25)19-8-7-17(15-21(19)31-16)24-22(27)18-5-3-4-6-20(18)29-2/h3-8,15-16H,9-14H2,1-2H3,(H,24,27). The zero-order valence-electron chi connectivity index (χ0n) is 17.8. The fourth-order valence-corrected chi connectivity index (χ4v) is 3.82. The molecule has 2 heterocycles. The van der Waals surface area contributed by atoms with Crippen molar-refractivity contribution in [3.05, 3.63) is 48.0 Å². The molecule has 1 fully saturated rings. The van der Waals surface area contributed by atoms with Crippen LogP contribution in [0.4, 0.5) is 11.4 Å². The molecule has 31 heavy (non-hydrogen) atoms. The average Bonchev–Trinajstić information content (AvgIpc) is 2.80. The van der Waals surface area contributed by atoms with Gasteiger partial charge in [0, 0.05) is 37.9 Å². The Morgan fingerprint density at radius 3 is 2.71 bits per heavy atom. The highest BCUT2D eigenvalue weighted by Crippen LogP contribution is 2.36. The Morgan fingerprint density at radius 1 is 1.16 bits per heavy atom. The lowest BCUT2D eigenvalue weighted by atomic mass is 10.1. The first kappa shape index (κ1) is 21.1. The molecule has 0 radical (unpaired) electrons. The van der Waals surface area contributed by atoms with E-state index in [9.17, 15) is 9.59 Å². The van der Waals surface area contributed by atoms with Crippen LogP contribution in [0, 0.1) is 0 Å². The second-order valence-corrected chi connectivity index (χ2v) is 7.54. The van der Waals surface area contributed by atoms with Gasteiger partial charge in [-0.1, -0.05) is 12.1 Å². The number of nitrogens with zero attached hydrogens (tertiary/aromatic N) is 2. The van der Waals surface area contributed by atoms with Crippen LogP contribution in [-0.2, 0) is 9.53 Å². The van der Waals surface area contributed by atoms with Crippen LogP contribution in [0.1, 0.15) is 17.3 Å². The van der Waals surface area contributed by atoms with Crippen LogP contribution in [0.25, 0.3) is 0 Å². The molecule has 0 aliphatic carbocycles. The number of hydrogen-bond donors (Lipinski definition) is 1. The molecule has 0 saturated carbocycles. The lowest BCUT2D eigenvalue weighted by Gasteiger charge is -2.35. The molecule has 0 spiro atoms. The Morgan fingerprint density at radius 2 is 1.94 bits per heavy atom. The average molecular weight is 425 g/mol. The van der Waals surface area contributed by atoms with E-state index in [1.54, 1.807) is 42.2 Å². The van der Waals surface area contributed by atoms with Crippen molar-refractivity contribution < 1.29 is 23.8 Å². The summed E-state index contributed by atoms with van der Waals surface area (Å²) < 4.78 is 16.5. The number of fused-ring (bicyclic) bond motifs is 1. The minimum absolute atomic E-state index is 0.0634. The summed E-state index contributed by atoms with van der Waals surface area (Å²) in [5.41, 5.74) is 1.75. The third-order valence-corrected chi connectivity index (χ3v) is 5.52. The van der Waals surface area contributed by atoms with Crippen LogP contribution < -0.4 is 19.7 Å². The quantitative estimate of drug-likeness (QED) is 0.766. The molecule has 1 unspecified atom stereocenters. The van der Waals surface area contributed by atoms with Gasteiger partial charge in [-0.05, 0) is 31.2 Å². The topological polar surface area (TPSA) is 80.3 Å². The normalized spacial score (nSPS) is 18.8. The van der Waals surface area contributed by atoms with Gasteiger partial charge in [-0.15, -0.1) is 0 Å². The Labute approximate surface area is 181 Å². The van der Waals surface area contributed by atoms with E-state index in [2.05, 4.69) is 10.2 Å². The zero-order valence-corrected chi connectivity index (χ0v) is 17.8. The molecular formula is C23H27N3O5. The highest BCUT2D eigenvalue weighted by molar-refractivity contribution is 6.07. The van der Waals surface area contributed by atoms with E-state index in [0.717, 1.165) is 32.8 Å². The van der Waals surface area contributed by atoms with Crippen molar-refractivity contribution in [1.29, 1.82) is 0 Å². The smallest absolute Gasteiger partial charge is 0.267 e. The van der Waals surface area contributed by atoms with Crippen molar-refractivity contribution in [3.63, 3.8) is 0 Å². The Bertz CT molecular complexity index is 958. The molecule has 1 saturated heterocycles. The molecule has 0 aromatic heterocycles. The van der Waals surface area contributed by atoms with Gasteiger partial charge in [-0.2, -0.15) is 0 Å². The molecule has 4 rings (SSSR count). The lowest BCUT2D eigenvalue weighted by Crippen LogP contribution is -2.48. The highest BCUT2D eigenvalue weighted by Gasteiger charge is 2.32. The van der Waals surface area contributed by atoms with Crippen LogP contribution in [0.5, 0.6) is 11.5 Å². The minimum Gasteiger partial charge on any atom is -0.496 e. The zero-order chi connectivity index (χ0) is 21.8. The second-order valence-electron chi connectivity index (χ2n) is 7.54. The SMILES string of the molecule is COc1ccccc1C(=O)Nc1ccc2c(c1)OC(C)C(=O)N2CCN1CCOCC1. The van der Waals surface area contributed by atoms with E-state index in [1.165, 1.54) is 7.11 Å². The van der Waals surface area contributed by atoms with Crippen LogP contribution in [-0.4, -0.2) is 69.3 Å². The Hall–Kier alpha value is -3.10. The number of para-hydroxylation sites is 1. The molecule has 1 atom stereocenters. The predicted octanol–water partition coefficient (Wildman–Crippen LogP) is 2.39. The van der Waals surface area contributed by atoms with Crippen molar-refractivity contribution >= 4 is 23.2 Å². The molecule has 2 aromatic rings. The van der Waals surface area contributed by atoms with Gasteiger partial charge in [0.15, 0.2) is 6.10 Å². The summed E-state index contributed by atoms with van der Waals surface area (Å²) in [5, 5.41) is 2.88. The van der Waals surface area contributed by atoms with Gasteiger partial charge in [-0.25, -0.2) is 0 Å². The number of nitrogens with one attached hydrogen (secondary N) is 1. The third kappa shape index (κ3) is 4.65. The van der Waals surface area contributed by atoms with E-state index < -0.39 is 6.10 Å². The predicted molar refractivity (Wildman–Crippen MR) is 117 cm³/mol. The number of anilines is 2. The monoisotopic (exact) mass is 425 g/mol. The number of amides is 2. The maximum absolute atomic E-state index is 12.8. The number of hydrogen-bond acceptors (Lipinski definition) is 6. The molecule has 1 N–H and O–H groups in total. The van der Waals surface area contributed by atoms with Gasteiger partial charge >= 0.3 is 0 Å². The van der Waals surface area contributed by atoms with Crippen LogP contribution >= 0.6 is 0 Å². The lowest BCUT2D eigenvalue weighted by molar-refractivity contribution is -0.125. The largest absolute Gasteiger partial charge is 0.496 e. The fourth-order valence-electron chi connectivity index (χ4n) is 3.82. The summed E-state index contributed by atoms with van der Waals surface area (Å²) in [5.74, 6) is 0.739. The summed E-state index contributed by atoms with van der Waals surface area (Å²) in [6.45, 7) is 6.27. The van der Waals surface area contributed by atoms with Crippen molar-refractivity contribution in [2.24, 2.45) is 0 Å². The van der Waals surface area contributed by atoms with Gasteiger partial charge in [0.25, 0.3) is 11.8 Å². The number of carbonyl (C=O) groups is 2. The molecule has 2 amide bonds. The second kappa shape index (κ2) is 9.36. The molecule has 2 aliphatic rings. The Balaban J connectivity index is 1.50. The Kier molecular flexibility index (Phi) is 6.39. The summed E-state index contributed by atoms with van der Waals surface area (Å²) in [6.07, 6.45) is -0.586. The van der Waals surface area contributed by atoms with E-state index in [1.807, 2.05) is 12.1 Å². The van der Waals surface area contributed by atoms with Crippen molar-refractivity contribution in [3.8, 4) is 11.5 Å². The molecule has 2 aromatic carbocycles. The van der Waals surface area contributed by atoms with Gasteiger partial charge in [0.1, 0.15) is 11.5 Å². The van der Waals surface area contributed by atoms with E-state index in [0.29, 0.717) is 35.0 Å². The molecule has 0 bridgehead atoms. The summed E-state index contributed by atoms with van der Waals surface area (Å²) in [7, 11) is 1.53. The third-order valence-electron chi connectivity index (χ3n) is 5.52. The van der Waals surface area contributed by atoms with Crippen LogP contribution in [0.2, 0.25) is 0 Å². The number of rotatable bonds is 6. The van der Waals surface area contributed by atoms with Gasteiger partial charge < -0.3 is 24.4 Å². The molecule has 8 nitrogen and oxygen atoms in total. The van der Waals surface area contributed by atoms with Gasteiger partial charge in [-0.3, -0.25) is 14.5 Å². The van der Waals surface area contributed by atoms with Crippen molar-refractivity contribution in [2.45, 2.75) is 13.0 Å². The molecule has 2 aliphatic heterocycles. The summed E-state index contributed by atoms with van der Waals surface area (Å²) in [6, 6.07) is 12.4. The minimum atomic E-state index is -0.586. The van der Waals surface area contributed by atoms with Crippen LogP contribution in [0.15, 0.2) is 42.5 Å². The van der Waals surface area contributed by atoms with E-state index >= 15 is 0 Å². The molecular weight excluding hydrogens is 398 g/mol. The molecule has 8 heteroatoms. The number of carbonyl (C=O) groups excluding carboxylic acids is 2. The van der Waals surface area contributed by atoms with Gasteiger partial charge in [0.2, 0.25) is 0 Å². The number of ether oxygens (including phenoxy) is 3. The maximum Gasteiger partial charge on any atom is 0.267 e. The van der Waals surface area contributed by atoms with Crippen molar-refractivity contribution in [1.82, 2.24) is 4.90 Å². The first-order valence-electron chi connectivity index (χ1n) is 10.4. The first-order valence-corrected chi connectivity index (χ1v) is 10.4. The number of methoxy groups -OCH3 is 1. The number of morpholine rings is 1. The van der Waals surface area contributed by atoms with Crippen LogP contribution in [0.3, 0.4) is 0 Å². The summed E-state index contributed by atoms with van der Waals surface area (Å²) >= 11 is 0. The highest BCUT2D eigenvalue weighted by atomic mass is 16.5. The van der Waals surface area contributed by atoms with E-state index in [-0.39, 0.29) is 11.8 Å². The summed E-state index contributed by atoms with van der Waals surface area (Å²) in [4.78, 5) is 29.5. The van der Waals surface area contributed by atoms with E-state index in [4.69, 9.17) is 14.2 Å². The fraction of sp³-hybridized carbons (Fsp3) is 0.391. The molecule has 164 valence electrons. The van der Waals surface area contributed by atoms with Crippen molar-refractivity contribution in [2.75, 3.05) is 56.7 Å². The first-order chi connectivity index (χ1) is 15.1.